The van der Waals surface area contributed by atoms with Crippen LogP contribution in [-0.4, -0.2) is 30.4 Å². The molecule has 0 unspecified atom stereocenters. The Morgan fingerprint density at radius 3 is 2.48 bits per heavy atom. The van der Waals surface area contributed by atoms with Gasteiger partial charge in [-0.05, 0) is 31.2 Å². The van der Waals surface area contributed by atoms with E-state index in [1.807, 2.05) is 0 Å². The summed E-state index contributed by atoms with van der Waals surface area (Å²) in [5, 5.41) is 22.1. The molecule has 3 rings (SSSR count). The fourth-order valence-corrected chi connectivity index (χ4v) is 2.76. The van der Waals surface area contributed by atoms with Crippen LogP contribution in [0.3, 0.4) is 0 Å². The Kier molecular flexibility index (Phi) is 4.94. The van der Waals surface area contributed by atoms with Crippen molar-refractivity contribution >= 4 is 28.3 Å². The zero-order valence-corrected chi connectivity index (χ0v) is 14.8. The average molecular weight is 366 g/mol. The molecule has 7 nitrogen and oxygen atoms in total. The lowest BCUT2D eigenvalue weighted by Crippen LogP contribution is -2.16. The summed E-state index contributed by atoms with van der Waals surface area (Å²) in [6, 6.07) is 11.1. The number of ether oxygens (including phenoxy) is 1. The van der Waals surface area contributed by atoms with E-state index < -0.39 is 11.6 Å². The van der Waals surface area contributed by atoms with Crippen molar-refractivity contribution in [2.24, 2.45) is 0 Å². The van der Waals surface area contributed by atoms with Crippen LogP contribution in [0.5, 0.6) is 5.75 Å². The first kappa shape index (κ1) is 18.2. The van der Waals surface area contributed by atoms with Gasteiger partial charge in [0, 0.05) is 12.6 Å². The van der Waals surface area contributed by atoms with Crippen molar-refractivity contribution in [1.82, 2.24) is 0 Å². The summed E-state index contributed by atoms with van der Waals surface area (Å²) in [6.45, 7) is 1.97. The van der Waals surface area contributed by atoms with Crippen molar-refractivity contribution < 1.29 is 19.1 Å². The number of aromatic hydroxyl groups is 1. The van der Waals surface area contributed by atoms with Crippen molar-refractivity contribution in [2.45, 2.75) is 6.92 Å². The van der Waals surface area contributed by atoms with E-state index in [0.29, 0.717) is 22.2 Å². The average Bonchev–Trinajstić information content (AvgIpc) is 2.67. The van der Waals surface area contributed by atoms with Gasteiger partial charge in [-0.25, -0.2) is 9.59 Å². The largest absolute Gasteiger partial charge is 0.506 e. The lowest BCUT2D eigenvalue weighted by Gasteiger charge is -2.10. The van der Waals surface area contributed by atoms with Crippen molar-refractivity contribution in [3.05, 3.63) is 69.6 Å². The number of hydrogen-bond donors (Lipinski definition) is 3. The van der Waals surface area contributed by atoms with Gasteiger partial charge in [0.25, 0.3) is 0 Å². The summed E-state index contributed by atoms with van der Waals surface area (Å²) >= 11 is 0. The third-order valence-electron chi connectivity index (χ3n) is 4.11. The number of carbonyl (C=O) groups excluding carboxylic acids is 1. The van der Waals surface area contributed by atoms with Gasteiger partial charge >= 0.3 is 11.6 Å². The number of rotatable bonds is 5. The second-order valence-electron chi connectivity index (χ2n) is 5.72. The van der Waals surface area contributed by atoms with E-state index in [4.69, 9.17) is 14.6 Å². The molecule has 0 bridgehead atoms. The number of nitrogens with one attached hydrogen (secondary N) is 2. The molecule has 138 valence electrons. The van der Waals surface area contributed by atoms with Crippen LogP contribution >= 0.6 is 0 Å². The molecule has 0 atom stereocenters. The van der Waals surface area contributed by atoms with E-state index in [0.717, 1.165) is 0 Å². The van der Waals surface area contributed by atoms with Crippen LogP contribution < -0.4 is 10.9 Å². The standard InChI is InChI=1S/C20H18N2O5/c1-3-26-19(24)12-9-7-11(8-10-12)16(21)15-17(23)13-5-4-6-14(22-2)18(13)27-20(15)25/h4-10,21-23H,3H2,1-2H3. The monoisotopic (exact) mass is 366 g/mol. The van der Waals surface area contributed by atoms with Crippen molar-refractivity contribution in [3.63, 3.8) is 0 Å². The number of anilines is 1. The predicted molar refractivity (Wildman–Crippen MR) is 102 cm³/mol. The summed E-state index contributed by atoms with van der Waals surface area (Å²) < 4.78 is 10.3. The molecule has 1 aromatic heterocycles. The molecule has 0 fully saturated rings. The highest BCUT2D eigenvalue weighted by Crippen LogP contribution is 2.31. The van der Waals surface area contributed by atoms with E-state index in [9.17, 15) is 14.7 Å². The molecule has 0 aliphatic carbocycles. The Bertz CT molecular complexity index is 1080. The molecule has 0 saturated carbocycles. The van der Waals surface area contributed by atoms with Crippen molar-refractivity contribution in [3.8, 4) is 5.75 Å². The molecule has 1 heterocycles. The Morgan fingerprint density at radius 2 is 1.85 bits per heavy atom. The van der Waals surface area contributed by atoms with E-state index in [2.05, 4.69) is 5.32 Å². The Hall–Kier alpha value is -3.61. The molecule has 3 aromatic rings. The number of carbonyl (C=O) groups is 1. The van der Waals surface area contributed by atoms with Gasteiger partial charge in [0.1, 0.15) is 11.3 Å². The third kappa shape index (κ3) is 3.27. The minimum atomic E-state index is -0.817. The minimum absolute atomic E-state index is 0.201. The molecular formula is C20H18N2O5. The first-order valence-electron chi connectivity index (χ1n) is 8.31. The van der Waals surface area contributed by atoms with Gasteiger partial charge < -0.3 is 19.6 Å². The number of para-hydroxylation sites is 1. The van der Waals surface area contributed by atoms with E-state index in [-0.39, 0.29) is 29.2 Å². The molecular weight excluding hydrogens is 348 g/mol. The highest BCUT2D eigenvalue weighted by molar-refractivity contribution is 6.14. The summed E-state index contributed by atoms with van der Waals surface area (Å²) in [6.07, 6.45) is 0. The van der Waals surface area contributed by atoms with Crippen LogP contribution in [-0.2, 0) is 4.74 Å². The van der Waals surface area contributed by atoms with E-state index in [1.54, 1.807) is 32.2 Å². The summed E-state index contributed by atoms with van der Waals surface area (Å²) in [4.78, 5) is 24.2. The number of hydrogen-bond acceptors (Lipinski definition) is 7. The van der Waals surface area contributed by atoms with Crippen molar-refractivity contribution in [2.75, 3.05) is 19.0 Å². The van der Waals surface area contributed by atoms with Crippen molar-refractivity contribution in [1.29, 1.82) is 5.41 Å². The molecule has 0 amide bonds. The predicted octanol–water partition coefficient (Wildman–Crippen LogP) is 3.13. The maximum Gasteiger partial charge on any atom is 0.349 e. The quantitative estimate of drug-likeness (QED) is 0.363. The molecule has 2 aromatic carbocycles. The molecule has 0 aliphatic rings. The lowest BCUT2D eigenvalue weighted by atomic mass is 10.00. The van der Waals surface area contributed by atoms with Crippen LogP contribution in [0.2, 0.25) is 0 Å². The van der Waals surface area contributed by atoms with Crippen LogP contribution in [0.1, 0.15) is 28.4 Å². The van der Waals surface area contributed by atoms with Gasteiger partial charge in [-0.3, -0.25) is 5.41 Å². The highest BCUT2D eigenvalue weighted by Gasteiger charge is 2.21. The Balaban J connectivity index is 2.06. The highest BCUT2D eigenvalue weighted by atomic mass is 16.5. The SMILES string of the molecule is CCOC(=O)c1ccc(C(=N)c2c(O)c3cccc(NC)c3oc2=O)cc1. The summed E-state index contributed by atoms with van der Waals surface area (Å²) in [5.41, 5.74) is 0.209. The van der Waals surface area contributed by atoms with Gasteiger partial charge in [0.05, 0.1) is 29.0 Å². The zero-order valence-electron chi connectivity index (χ0n) is 14.8. The summed E-state index contributed by atoms with van der Waals surface area (Å²) in [7, 11) is 1.67. The number of fused-ring (bicyclic) bond motifs is 1. The van der Waals surface area contributed by atoms with Gasteiger partial charge in [-0.15, -0.1) is 0 Å². The number of esters is 1. The van der Waals surface area contributed by atoms with Gasteiger partial charge in [-0.2, -0.15) is 0 Å². The van der Waals surface area contributed by atoms with Crippen LogP contribution in [0.25, 0.3) is 11.0 Å². The molecule has 27 heavy (non-hydrogen) atoms. The van der Waals surface area contributed by atoms with Crippen LogP contribution in [0.15, 0.2) is 51.7 Å². The molecule has 0 radical (unpaired) electrons. The maximum atomic E-state index is 12.4. The molecule has 7 heteroatoms. The molecule has 0 saturated heterocycles. The Labute approximate surface area is 154 Å². The van der Waals surface area contributed by atoms with Crippen LogP contribution in [0, 0.1) is 5.41 Å². The fraction of sp³-hybridized carbons (Fsp3) is 0.150. The Morgan fingerprint density at radius 1 is 1.19 bits per heavy atom. The second kappa shape index (κ2) is 7.33. The molecule has 0 aliphatic heterocycles. The first-order chi connectivity index (χ1) is 13.0. The third-order valence-corrected chi connectivity index (χ3v) is 4.11. The summed E-state index contributed by atoms with van der Waals surface area (Å²) in [5.74, 6) is -0.791. The fourth-order valence-electron chi connectivity index (χ4n) is 2.76. The first-order valence-corrected chi connectivity index (χ1v) is 8.31. The van der Waals surface area contributed by atoms with Gasteiger partial charge in [0.15, 0.2) is 5.58 Å². The molecule has 0 spiro atoms. The minimum Gasteiger partial charge on any atom is -0.506 e. The smallest absolute Gasteiger partial charge is 0.349 e. The maximum absolute atomic E-state index is 12.4. The second-order valence-corrected chi connectivity index (χ2v) is 5.72. The van der Waals surface area contributed by atoms with Gasteiger partial charge in [-0.1, -0.05) is 18.2 Å². The van der Waals surface area contributed by atoms with Crippen LogP contribution in [0.4, 0.5) is 5.69 Å². The topological polar surface area (TPSA) is 113 Å². The lowest BCUT2D eigenvalue weighted by molar-refractivity contribution is 0.0526. The van der Waals surface area contributed by atoms with Gasteiger partial charge in [0.2, 0.25) is 0 Å². The van der Waals surface area contributed by atoms with E-state index in [1.165, 1.54) is 24.3 Å². The van der Waals surface area contributed by atoms with E-state index >= 15 is 0 Å². The molecule has 3 N–H and O–H groups in total. The normalized spacial score (nSPS) is 10.6. The number of benzene rings is 2. The zero-order chi connectivity index (χ0) is 19.6.